The van der Waals surface area contributed by atoms with Crippen molar-refractivity contribution in [3.8, 4) is 11.5 Å². The van der Waals surface area contributed by atoms with E-state index in [1.165, 1.54) is 12.1 Å². The normalized spacial score (nSPS) is 12.1. The minimum absolute atomic E-state index is 0.0943. The van der Waals surface area contributed by atoms with E-state index in [1.807, 2.05) is 0 Å². The summed E-state index contributed by atoms with van der Waals surface area (Å²) in [6, 6.07) is 7.96. The van der Waals surface area contributed by atoms with E-state index in [4.69, 9.17) is 21.1 Å². The zero-order valence-electron chi connectivity index (χ0n) is 13.0. The van der Waals surface area contributed by atoms with E-state index in [0.717, 1.165) is 0 Å². The number of fused-ring (bicyclic) bond motifs is 1. The third kappa shape index (κ3) is 3.38. The molecule has 0 aromatic heterocycles. The summed E-state index contributed by atoms with van der Waals surface area (Å²) < 4.78 is 23.9. The van der Waals surface area contributed by atoms with Crippen molar-refractivity contribution in [1.29, 1.82) is 0 Å². The van der Waals surface area contributed by atoms with E-state index in [0.29, 0.717) is 46.4 Å². The number of amides is 1. The maximum atomic E-state index is 13.4. The molecule has 0 saturated heterocycles. The summed E-state index contributed by atoms with van der Waals surface area (Å²) in [6.07, 6.45) is 0. The van der Waals surface area contributed by atoms with Crippen molar-refractivity contribution in [3.05, 3.63) is 52.3 Å². The lowest BCUT2D eigenvalue weighted by Gasteiger charge is -2.11. The van der Waals surface area contributed by atoms with Gasteiger partial charge < -0.3 is 20.1 Å². The molecule has 0 atom stereocenters. The molecule has 2 aromatic rings. The standard InChI is InChI=1S/C17H16ClFN2O3/c1-10-13(19)3-2-4-14(10)20-5-6-21-17(22)11-7-12(18)16-15(8-11)23-9-24-16/h2-4,7-8,20H,5-6,9H2,1H3,(H,21,22). The van der Waals surface area contributed by atoms with Gasteiger partial charge in [0.2, 0.25) is 6.79 Å². The Labute approximate surface area is 143 Å². The number of hydrogen-bond donors (Lipinski definition) is 2. The maximum absolute atomic E-state index is 13.4. The molecule has 0 bridgehead atoms. The molecule has 5 nitrogen and oxygen atoms in total. The molecule has 0 aliphatic carbocycles. The Morgan fingerprint density at radius 1 is 1.29 bits per heavy atom. The molecular formula is C17H16ClFN2O3. The summed E-state index contributed by atoms with van der Waals surface area (Å²) >= 11 is 6.06. The van der Waals surface area contributed by atoms with Crippen molar-refractivity contribution in [2.24, 2.45) is 0 Å². The molecular weight excluding hydrogens is 335 g/mol. The van der Waals surface area contributed by atoms with Crippen LogP contribution in [0.3, 0.4) is 0 Å². The molecule has 3 rings (SSSR count). The third-order valence-electron chi connectivity index (χ3n) is 3.68. The fourth-order valence-corrected chi connectivity index (χ4v) is 2.64. The highest BCUT2D eigenvalue weighted by atomic mass is 35.5. The summed E-state index contributed by atoms with van der Waals surface area (Å²) in [5.41, 5.74) is 1.65. The topological polar surface area (TPSA) is 59.6 Å². The van der Waals surface area contributed by atoms with E-state index in [1.54, 1.807) is 25.1 Å². The van der Waals surface area contributed by atoms with Gasteiger partial charge in [0.25, 0.3) is 5.91 Å². The fourth-order valence-electron chi connectivity index (χ4n) is 2.37. The Kier molecular flexibility index (Phi) is 4.76. The quantitative estimate of drug-likeness (QED) is 0.812. The van der Waals surface area contributed by atoms with Gasteiger partial charge in [0.05, 0.1) is 5.02 Å². The summed E-state index contributed by atoms with van der Waals surface area (Å²) in [6.45, 7) is 2.64. The monoisotopic (exact) mass is 350 g/mol. The SMILES string of the molecule is Cc1c(F)cccc1NCCNC(=O)c1cc(Cl)c2c(c1)OCO2. The molecule has 2 N–H and O–H groups in total. The van der Waals surface area contributed by atoms with Crippen molar-refractivity contribution >= 4 is 23.2 Å². The first-order valence-electron chi connectivity index (χ1n) is 7.42. The molecule has 24 heavy (non-hydrogen) atoms. The number of carbonyl (C=O) groups is 1. The zero-order valence-corrected chi connectivity index (χ0v) is 13.7. The molecule has 0 radical (unpaired) electrons. The van der Waals surface area contributed by atoms with Crippen LogP contribution in [0.1, 0.15) is 15.9 Å². The van der Waals surface area contributed by atoms with Gasteiger partial charge in [-0.3, -0.25) is 4.79 Å². The first-order chi connectivity index (χ1) is 11.6. The fraction of sp³-hybridized carbons (Fsp3) is 0.235. The number of anilines is 1. The van der Waals surface area contributed by atoms with Crippen molar-refractivity contribution < 1.29 is 18.7 Å². The number of benzene rings is 2. The lowest BCUT2D eigenvalue weighted by Crippen LogP contribution is -2.28. The van der Waals surface area contributed by atoms with Gasteiger partial charge in [-0.2, -0.15) is 0 Å². The Balaban J connectivity index is 1.55. The number of halogens is 2. The van der Waals surface area contributed by atoms with E-state index in [-0.39, 0.29) is 18.5 Å². The smallest absolute Gasteiger partial charge is 0.251 e. The van der Waals surface area contributed by atoms with Crippen molar-refractivity contribution in [2.75, 3.05) is 25.2 Å². The van der Waals surface area contributed by atoms with Gasteiger partial charge in [-0.25, -0.2) is 4.39 Å². The number of ether oxygens (including phenoxy) is 2. The molecule has 126 valence electrons. The minimum Gasteiger partial charge on any atom is -0.454 e. The van der Waals surface area contributed by atoms with Crippen molar-refractivity contribution in [2.45, 2.75) is 6.92 Å². The average molecular weight is 351 g/mol. The number of nitrogens with one attached hydrogen (secondary N) is 2. The summed E-state index contributed by atoms with van der Waals surface area (Å²) in [4.78, 5) is 12.2. The van der Waals surface area contributed by atoms with Gasteiger partial charge in [-0.15, -0.1) is 0 Å². The lowest BCUT2D eigenvalue weighted by atomic mass is 10.2. The van der Waals surface area contributed by atoms with Gasteiger partial charge in [0.1, 0.15) is 5.82 Å². The number of carbonyl (C=O) groups excluding carboxylic acids is 1. The second kappa shape index (κ2) is 6.97. The largest absolute Gasteiger partial charge is 0.454 e. The van der Waals surface area contributed by atoms with Crippen LogP contribution >= 0.6 is 11.6 Å². The average Bonchev–Trinajstić information content (AvgIpc) is 3.04. The summed E-state index contributed by atoms with van der Waals surface area (Å²) in [5.74, 6) is 0.379. The summed E-state index contributed by atoms with van der Waals surface area (Å²) in [5, 5.41) is 6.20. The van der Waals surface area contributed by atoms with Gasteiger partial charge >= 0.3 is 0 Å². The molecule has 0 fully saturated rings. The van der Waals surface area contributed by atoms with Crippen LogP contribution in [0.4, 0.5) is 10.1 Å². The first kappa shape index (κ1) is 16.4. The highest BCUT2D eigenvalue weighted by Gasteiger charge is 2.20. The molecule has 1 aliphatic heterocycles. The van der Waals surface area contributed by atoms with Crippen LogP contribution in [-0.4, -0.2) is 25.8 Å². The highest BCUT2D eigenvalue weighted by molar-refractivity contribution is 6.32. The first-order valence-corrected chi connectivity index (χ1v) is 7.80. The molecule has 0 saturated carbocycles. The van der Waals surface area contributed by atoms with Crippen LogP contribution in [0, 0.1) is 12.7 Å². The highest BCUT2D eigenvalue weighted by Crippen LogP contribution is 2.39. The summed E-state index contributed by atoms with van der Waals surface area (Å²) in [7, 11) is 0. The number of rotatable bonds is 5. The molecule has 1 aliphatic rings. The van der Waals surface area contributed by atoms with Crippen molar-refractivity contribution in [3.63, 3.8) is 0 Å². The second-order valence-corrected chi connectivity index (χ2v) is 5.69. The van der Waals surface area contributed by atoms with Crippen molar-refractivity contribution in [1.82, 2.24) is 5.32 Å². The Morgan fingerprint density at radius 3 is 2.96 bits per heavy atom. The van der Waals surface area contributed by atoms with E-state index in [9.17, 15) is 9.18 Å². The Bertz CT molecular complexity index is 783. The predicted molar refractivity (Wildman–Crippen MR) is 89.5 cm³/mol. The van der Waals surface area contributed by atoms with Crippen LogP contribution in [-0.2, 0) is 0 Å². The predicted octanol–water partition coefficient (Wildman–Crippen LogP) is 3.36. The van der Waals surface area contributed by atoms with Crippen LogP contribution in [0.5, 0.6) is 11.5 Å². The Morgan fingerprint density at radius 2 is 2.12 bits per heavy atom. The Hall–Kier alpha value is -2.47. The van der Waals surface area contributed by atoms with Gasteiger partial charge in [0.15, 0.2) is 11.5 Å². The van der Waals surface area contributed by atoms with Crippen LogP contribution in [0.2, 0.25) is 5.02 Å². The van der Waals surface area contributed by atoms with Gasteiger partial charge in [-0.05, 0) is 31.2 Å². The lowest BCUT2D eigenvalue weighted by molar-refractivity contribution is 0.0954. The zero-order chi connectivity index (χ0) is 17.1. The van der Waals surface area contributed by atoms with Gasteiger partial charge in [-0.1, -0.05) is 17.7 Å². The molecule has 2 aromatic carbocycles. The van der Waals surface area contributed by atoms with Crippen LogP contribution < -0.4 is 20.1 Å². The maximum Gasteiger partial charge on any atom is 0.251 e. The number of hydrogen-bond acceptors (Lipinski definition) is 4. The van der Waals surface area contributed by atoms with Gasteiger partial charge in [0, 0.05) is 29.9 Å². The minimum atomic E-state index is -0.270. The molecule has 1 heterocycles. The van der Waals surface area contributed by atoms with E-state index in [2.05, 4.69) is 10.6 Å². The van der Waals surface area contributed by atoms with Crippen LogP contribution in [0.15, 0.2) is 30.3 Å². The second-order valence-electron chi connectivity index (χ2n) is 5.29. The molecule has 1 amide bonds. The van der Waals surface area contributed by atoms with Crippen LogP contribution in [0.25, 0.3) is 0 Å². The third-order valence-corrected chi connectivity index (χ3v) is 3.96. The van der Waals surface area contributed by atoms with E-state index >= 15 is 0 Å². The molecule has 0 unspecified atom stereocenters. The molecule has 7 heteroatoms. The van der Waals surface area contributed by atoms with E-state index < -0.39 is 0 Å². The molecule has 0 spiro atoms.